The molecule has 216 valence electrons. The third kappa shape index (κ3) is 5.54. The van der Waals surface area contributed by atoms with Crippen molar-refractivity contribution >= 4 is 0 Å². The van der Waals surface area contributed by atoms with Crippen molar-refractivity contribution in [1.29, 1.82) is 0 Å². The van der Waals surface area contributed by atoms with E-state index in [2.05, 4.69) is 125 Å². The summed E-state index contributed by atoms with van der Waals surface area (Å²) < 4.78 is 0. The minimum absolute atomic E-state index is 0. The normalized spacial score (nSPS) is 17.1. The second-order valence-electron chi connectivity index (χ2n) is 11.6. The fourth-order valence-electron chi connectivity index (χ4n) is 6.42. The maximum absolute atomic E-state index is 5.40. The zero-order valence-electron chi connectivity index (χ0n) is 25.2. The Bertz CT molecular complexity index is 1830. The molecule has 2 aromatic carbocycles. The van der Waals surface area contributed by atoms with E-state index in [1.54, 1.807) is 0 Å². The van der Waals surface area contributed by atoms with Crippen LogP contribution in [0.15, 0.2) is 103 Å². The van der Waals surface area contributed by atoms with Gasteiger partial charge in [-0.05, 0) is 48.5 Å². The van der Waals surface area contributed by atoms with Gasteiger partial charge in [0.15, 0.2) is 0 Å². The van der Waals surface area contributed by atoms with Gasteiger partial charge in [0.05, 0.1) is 45.8 Å². The topological polar surface area (TPSA) is 51.6 Å². The maximum Gasteiger partial charge on any atom is 2.00 e. The smallest absolute Gasteiger partial charge is 0.260 e. The van der Waals surface area contributed by atoms with Crippen molar-refractivity contribution in [2.45, 2.75) is 45.4 Å². The van der Waals surface area contributed by atoms with Crippen LogP contribution in [0, 0.1) is 39.8 Å². The molecule has 44 heavy (non-hydrogen) atoms. The largest absolute Gasteiger partial charge is 2.00 e. The van der Waals surface area contributed by atoms with Crippen molar-refractivity contribution in [1.82, 2.24) is 19.9 Å². The van der Waals surface area contributed by atoms with Gasteiger partial charge in [-0.3, -0.25) is 19.9 Å². The zero-order valence-corrected chi connectivity index (χ0v) is 27.7. The monoisotopic (exact) mass is 748 g/mol. The summed E-state index contributed by atoms with van der Waals surface area (Å²) in [4.78, 5) is 20.9. The molecule has 4 nitrogen and oxygen atoms in total. The van der Waals surface area contributed by atoms with Gasteiger partial charge in [-0.25, -0.2) is 0 Å². The van der Waals surface area contributed by atoms with Crippen molar-refractivity contribution < 1.29 is 19.8 Å². The fraction of sp³-hybridized carbons (Fsp3) is 0.179. The van der Waals surface area contributed by atoms with E-state index in [-0.39, 0.29) is 37.5 Å². The van der Waals surface area contributed by atoms with Gasteiger partial charge in [0.25, 0.3) is 0 Å². The average molecular weight is 747 g/mol. The zero-order chi connectivity index (χ0) is 29.5. The Hall–Kier alpha value is -4.32. The van der Waals surface area contributed by atoms with E-state index in [4.69, 9.17) is 19.9 Å². The first-order valence-corrected chi connectivity index (χ1v) is 14.8. The Morgan fingerprint density at radius 1 is 0.477 bits per heavy atom. The Kier molecular flexibility index (Phi) is 8.35. The molecule has 0 radical (unpaired) electrons. The molecule has 5 heterocycles. The molecular formula is C39H32N4Os. The summed E-state index contributed by atoms with van der Waals surface area (Å²) in [5.41, 5.74) is 13.3. The van der Waals surface area contributed by atoms with E-state index in [9.17, 15) is 0 Å². The predicted molar refractivity (Wildman–Crippen MR) is 169 cm³/mol. The van der Waals surface area contributed by atoms with Gasteiger partial charge < -0.3 is 0 Å². The molecule has 0 amide bonds. The summed E-state index contributed by atoms with van der Waals surface area (Å²) in [6, 6.07) is 40.7. The quantitative estimate of drug-likeness (QED) is 0.172. The average Bonchev–Trinajstić information content (AvgIpc) is 3.01. The van der Waals surface area contributed by atoms with E-state index in [1.165, 1.54) is 22.3 Å². The first kappa shape index (κ1) is 29.7. The van der Waals surface area contributed by atoms with Crippen LogP contribution in [-0.2, 0) is 19.8 Å². The predicted octanol–water partition coefficient (Wildman–Crippen LogP) is 7.95. The van der Waals surface area contributed by atoms with E-state index < -0.39 is 0 Å². The second-order valence-corrected chi connectivity index (χ2v) is 11.6. The number of nitrogens with zero attached hydrogens (tertiary/aromatic N) is 4. The molecule has 0 N–H and O–H groups in total. The second kappa shape index (κ2) is 12.3. The minimum Gasteiger partial charge on any atom is -0.260 e. The van der Waals surface area contributed by atoms with Crippen LogP contribution < -0.4 is 0 Å². The first-order valence-electron chi connectivity index (χ1n) is 14.8. The molecule has 2 atom stereocenters. The molecule has 2 unspecified atom stereocenters. The van der Waals surface area contributed by atoms with Crippen LogP contribution in [0.5, 0.6) is 0 Å². The third-order valence-electron chi connectivity index (χ3n) is 8.36. The molecule has 0 spiro atoms. The Morgan fingerprint density at radius 2 is 0.864 bits per heavy atom. The number of benzene rings is 2. The third-order valence-corrected chi connectivity index (χ3v) is 8.36. The van der Waals surface area contributed by atoms with Crippen LogP contribution in [0.1, 0.15) is 91.0 Å². The molecule has 4 aromatic heterocycles. The summed E-state index contributed by atoms with van der Waals surface area (Å²) in [5.74, 6) is -0.627. The van der Waals surface area contributed by atoms with Crippen molar-refractivity contribution in [3.63, 3.8) is 0 Å². The first-order chi connectivity index (χ1) is 21.0. The van der Waals surface area contributed by atoms with E-state index in [0.29, 0.717) is 0 Å². The van der Waals surface area contributed by atoms with Crippen LogP contribution >= 0.6 is 0 Å². The number of pyridine rings is 4. The number of aromatic nitrogens is 4. The number of hydrogen-bond acceptors (Lipinski definition) is 4. The molecule has 0 fully saturated rings. The number of aryl methyl sites for hydroxylation is 4. The summed E-state index contributed by atoms with van der Waals surface area (Å²) in [7, 11) is 0. The molecule has 0 aliphatic carbocycles. The van der Waals surface area contributed by atoms with Crippen molar-refractivity contribution in [3.8, 4) is 0 Å². The number of fused-ring (bicyclic) bond motifs is 6. The minimum atomic E-state index is -0.237. The van der Waals surface area contributed by atoms with Crippen LogP contribution in [0.25, 0.3) is 0 Å². The molecular weight excluding hydrogens is 715 g/mol. The fourth-order valence-corrected chi connectivity index (χ4v) is 6.42. The Morgan fingerprint density at radius 3 is 1.23 bits per heavy atom. The maximum atomic E-state index is 5.40. The summed E-state index contributed by atoms with van der Waals surface area (Å²) in [6.07, 6.45) is 1.84. The molecule has 7 rings (SSSR count). The summed E-state index contributed by atoms with van der Waals surface area (Å²) in [5, 5.41) is 0. The molecule has 5 heteroatoms. The molecule has 0 saturated carbocycles. The van der Waals surface area contributed by atoms with Crippen LogP contribution in [0.2, 0.25) is 0 Å². The van der Waals surface area contributed by atoms with Crippen molar-refractivity contribution in [3.05, 3.63) is 189 Å². The van der Waals surface area contributed by atoms with Crippen molar-refractivity contribution in [2.75, 3.05) is 0 Å². The van der Waals surface area contributed by atoms with Gasteiger partial charge >= 0.3 is 19.8 Å². The van der Waals surface area contributed by atoms with Gasteiger partial charge in [0.1, 0.15) is 0 Å². The molecule has 6 aromatic rings. The van der Waals surface area contributed by atoms with Gasteiger partial charge in [-0.15, -0.1) is 11.1 Å². The standard InChI is InChI=1S/C39H32N4.Os/c1-24-17-19-28(26(3)22-24)37-31-11-7-12-32(41-31)38(29-20-18-25(2)23-27(29)4)34-14-9-16-36(43-34)39(30-10-5-6-21-40-30)35-15-8-13-33(37)42-35;/h5-18,21-23,37-39H,1-4H3;/q-2;+2. The van der Waals surface area contributed by atoms with E-state index in [1.807, 2.05) is 18.3 Å². The summed E-state index contributed by atoms with van der Waals surface area (Å²) in [6.45, 7) is 8.52. The van der Waals surface area contributed by atoms with E-state index in [0.717, 1.165) is 51.0 Å². The number of rotatable bonds is 3. The Labute approximate surface area is 272 Å². The van der Waals surface area contributed by atoms with Crippen LogP contribution in [0.3, 0.4) is 0 Å². The van der Waals surface area contributed by atoms with Crippen molar-refractivity contribution in [2.24, 2.45) is 0 Å². The molecule has 0 saturated heterocycles. The molecule has 1 aliphatic heterocycles. The van der Waals surface area contributed by atoms with Crippen LogP contribution in [-0.4, -0.2) is 19.9 Å². The van der Waals surface area contributed by atoms with Gasteiger partial charge in [-0.2, -0.15) is 58.7 Å². The van der Waals surface area contributed by atoms with Gasteiger partial charge in [-0.1, -0.05) is 52.0 Å². The van der Waals surface area contributed by atoms with Gasteiger partial charge in [0.2, 0.25) is 0 Å². The molecule has 1 aliphatic rings. The number of hydrogen-bond donors (Lipinski definition) is 0. The summed E-state index contributed by atoms with van der Waals surface area (Å²) >= 11 is 0. The molecule has 6 bridgehead atoms. The van der Waals surface area contributed by atoms with E-state index >= 15 is 0 Å². The van der Waals surface area contributed by atoms with Crippen LogP contribution in [0.4, 0.5) is 0 Å². The SMILES string of the molecule is Cc1c[c-]c(C2c3cccc(n3)C(c3ccccn3)c3cccc(n3)C(c3[c-]cc(C)cc3C)c3cccc2n3)c(C)c1.[Os+2]. The van der Waals surface area contributed by atoms with Gasteiger partial charge in [0, 0.05) is 18.0 Å². The Balaban J connectivity index is 0.00000343.